The summed E-state index contributed by atoms with van der Waals surface area (Å²) < 4.78 is 38.1. The number of alkyl halides is 3. The van der Waals surface area contributed by atoms with Gasteiger partial charge in [0.25, 0.3) is 5.91 Å². The van der Waals surface area contributed by atoms with Crippen molar-refractivity contribution in [2.24, 2.45) is 0 Å². The summed E-state index contributed by atoms with van der Waals surface area (Å²) in [6.45, 7) is 0. The lowest BCUT2D eigenvalue weighted by atomic mass is 10.1. The summed E-state index contributed by atoms with van der Waals surface area (Å²) in [5.41, 5.74) is 2.08. The first-order valence-electron chi connectivity index (χ1n) is 7.36. The minimum absolute atomic E-state index is 0.151. The summed E-state index contributed by atoms with van der Waals surface area (Å²) in [6.07, 6.45) is -2.77. The van der Waals surface area contributed by atoms with Gasteiger partial charge in [-0.3, -0.25) is 4.79 Å². The van der Waals surface area contributed by atoms with Crippen LogP contribution in [0.3, 0.4) is 0 Å². The number of halogens is 3. The minimum Gasteiger partial charge on any atom is -0.361 e. The number of hydrogen-bond acceptors (Lipinski definition) is 2. The average Bonchev–Trinajstić information content (AvgIpc) is 3.19. The summed E-state index contributed by atoms with van der Waals surface area (Å²) >= 11 is 0. The molecule has 126 valence electrons. The number of nitrogens with one attached hydrogen (secondary N) is 3. The lowest BCUT2D eigenvalue weighted by molar-refractivity contribution is -0.144. The van der Waals surface area contributed by atoms with E-state index in [0.717, 1.165) is 10.9 Å². The molecule has 0 saturated heterocycles. The predicted octanol–water partition coefficient (Wildman–Crippen LogP) is 4.32. The highest BCUT2D eigenvalue weighted by molar-refractivity contribution is 6.06. The van der Waals surface area contributed by atoms with E-state index in [0.29, 0.717) is 5.69 Å². The van der Waals surface area contributed by atoms with Crippen LogP contribution in [0.2, 0.25) is 0 Å². The third kappa shape index (κ3) is 2.82. The van der Waals surface area contributed by atoms with Gasteiger partial charge in [-0.1, -0.05) is 0 Å². The van der Waals surface area contributed by atoms with E-state index in [1.54, 1.807) is 18.3 Å². The largest absolute Gasteiger partial charge is 0.449 e. The summed E-state index contributed by atoms with van der Waals surface area (Å²) in [4.78, 5) is 21.1. The number of aromatic nitrogens is 3. The predicted molar refractivity (Wildman–Crippen MR) is 87.3 cm³/mol. The maximum atomic E-state index is 12.7. The second kappa shape index (κ2) is 5.37. The first-order chi connectivity index (χ1) is 11.9. The Morgan fingerprint density at radius 1 is 1.04 bits per heavy atom. The number of aromatic amines is 2. The van der Waals surface area contributed by atoms with Gasteiger partial charge in [-0.05, 0) is 42.5 Å². The summed E-state index contributed by atoms with van der Waals surface area (Å²) in [6, 6.07) is 11.4. The first-order valence-corrected chi connectivity index (χ1v) is 7.36. The molecule has 2 heterocycles. The molecule has 0 bridgehead atoms. The molecular weight excluding hydrogens is 333 g/mol. The van der Waals surface area contributed by atoms with Crippen molar-refractivity contribution >= 4 is 33.5 Å². The number of anilines is 1. The molecule has 25 heavy (non-hydrogen) atoms. The number of benzene rings is 2. The van der Waals surface area contributed by atoms with Crippen LogP contribution in [0.25, 0.3) is 21.9 Å². The van der Waals surface area contributed by atoms with Crippen LogP contribution >= 0.6 is 0 Å². The zero-order valence-electron chi connectivity index (χ0n) is 12.6. The number of carbonyl (C=O) groups is 1. The number of rotatable bonds is 2. The Hall–Kier alpha value is -3.29. The van der Waals surface area contributed by atoms with Gasteiger partial charge >= 0.3 is 6.18 Å². The van der Waals surface area contributed by atoms with E-state index in [-0.39, 0.29) is 16.6 Å². The molecule has 2 aromatic heterocycles. The highest BCUT2D eigenvalue weighted by atomic mass is 19.4. The van der Waals surface area contributed by atoms with Crippen molar-refractivity contribution in [2.75, 3.05) is 5.32 Å². The fourth-order valence-electron chi connectivity index (χ4n) is 2.62. The van der Waals surface area contributed by atoms with Crippen LogP contribution in [-0.2, 0) is 6.18 Å². The lowest BCUT2D eigenvalue weighted by Crippen LogP contribution is -2.11. The molecule has 8 heteroatoms. The van der Waals surface area contributed by atoms with E-state index in [4.69, 9.17) is 0 Å². The molecule has 0 saturated carbocycles. The molecular formula is C17H11F3N4O. The highest BCUT2D eigenvalue weighted by Gasteiger charge is 2.34. The van der Waals surface area contributed by atoms with E-state index >= 15 is 0 Å². The molecule has 0 radical (unpaired) electrons. The van der Waals surface area contributed by atoms with Gasteiger partial charge in [-0.2, -0.15) is 13.2 Å². The van der Waals surface area contributed by atoms with Crippen molar-refractivity contribution in [3.8, 4) is 0 Å². The zero-order valence-corrected chi connectivity index (χ0v) is 12.6. The standard InChI is InChI=1S/C17H11F3N4O/c18-17(19,20)16-23-13-3-1-10(8-14(13)24-16)15(25)22-11-2-4-12-9(7-11)5-6-21-12/h1-8,21H,(H,22,25)(H,23,24). The maximum absolute atomic E-state index is 12.7. The van der Waals surface area contributed by atoms with Gasteiger partial charge in [-0.25, -0.2) is 4.98 Å². The van der Waals surface area contributed by atoms with E-state index in [1.807, 2.05) is 12.1 Å². The van der Waals surface area contributed by atoms with Gasteiger partial charge in [0.05, 0.1) is 11.0 Å². The Labute approximate surface area is 138 Å². The van der Waals surface area contributed by atoms with Crippen LogP contribution in [0.4, 0.5) is 18.9 Å². The van der Waals surface area contributed by atoms with Crippen LogP contribution in [-0.4, -0.2) is 20.9 Å². The normalized spacial score (nSPS) is 12.0. The van der Waals surface area contributed by atoms with Gasteiger partial charge in [0.2, 0.25) is 5.82 Å². The monoisotopic (exact) mass is 344 g/mol. The molecule has 0 unspecified atom stereocenters. The molecule has 0 atom stereocenters. The van der Waals surface area contributed by atoms with Crippen LogP contribution < -0.4 is 5.32 Å². The molecule has 0 aliphatic carbocycles. The number of H-pyrrole nitrogens is 2. The maximum Gasteiger partial charge on any atom is 0.449 e. The van der Waals surface area contributed by atoms with Crippen LogP contribution in [0, 0.1) is 0 Å². The van der Waals surface area contributed by atoms with Gasteiger partial charge in [0.15, 0.2) is 0 Å². The van der Waals surface area contributed by atoms with Crippen LogP contribution in [0.1, 0.15) is 16.2 Å². The third-order valence-corrected chi connectivity index (χ3v) is 3.82. The summed E-state index contributed by atoms with van der Waals surface area (Å²) in [5, 5.41) is 3.67. The molecule has 1 amide bonds. The highest BCUT2D eigenvalue weighted by Crippen LogP contribution is 2.29. The third-order valence-electron chi connectivity index (χ3n) is 3.82. The summed E-state index contributed by atoms with van der Waals surface area (Å²) in [7, 11) is 0. The van der Waals surface area contributed by atoms with E-state index in [9.17, 15) is 18.0 Å². The Morgan fingerprint density at radius 3 is 2.68 bits per heavy atom. The molecule has 5 nitrogen and oxygen atoms in total. The van der Waals surface area contributed by atoms with Gasteiger partial charge in [0, 0.05) is 28.4 Å². The van der Waals surface area contributed by atoms with Gasteiger partial charge in [0.1, 0.15) is 0 Å². The second-order valence-corrected chi connectivity index (χ2v) is 5.55. The number of fused-ring (bicyclic) bond motifs is 2. The Kier molecular flexibility index (Phi) is 3.28. The molecule has 0 aliphatic heterocycles. The minimum atomic E-state index is -4.56. The Balaban J connectivity index is 1.62. The molecule has 0 aliphatic rings. The molecule has 4 aromatic rings. The van der Waals surface area contributed by atoms with Crippen molar-refractivity contribution < 1.29 is 18.0 Å². The van der Waals surface area contributed by atoms with Gasteiger partial charge < -0.3 is 15.3 Å². The van der Waals surface area contributed by atoms with E-state index in [2.05, 4.69) is 20.3 Å². The lowest BCUT2D eigenvalue weighted by Gasteiger charge is -2.05. The molecule has 2 aromatic carbocycles. The van der Waals surface area contributed by atoms with Crippen LogP contribution in [0.15, 0.2) is 48.7 Å². The van der Waals surface area contributed by atoms with Crippen molar-refractivity contribution in [1.29, 1.82) is 0 Å². The van der Waals surface area contributed by atoms with Crippen molar-refractivity contribution in [1.82, 2.24) is 15.0 Å². The topological polar surface area (TPSA) is 73.6 Å². The molecule has 4 rings (SSSR count). The average molecular weight is 344 g/mol. The fraction of sp³-hybridized carbons (Fsp3) is 0.0588. The first kappa shape index (κ1) is 15.3. The fourth-order valence-corrected chi connectivity index (χ4v) is 2.62. The van der Waals surface area contributed by atoms with Crippen molar-refractivity contribution in [2.45, 2.75) is 6.18 Å². The number of carbonyl (C=O) groups excluding carboxylic acids is 1. The number of nitrogens with zero attached hydrogens (tertiary/aromatic N) is 1. The smallest absolute Gasteiger partial charge is 0.361 e. The molecule has 0 spiro atoms. The van der Waals surface area contributed by atoms with Crippen molar-refractivity contribution in [3.05, 3.63) is 60.0 Å². The Morgan fingerprint density at radius 2 is 1.88 bits per heavy atom. The molecule has 0 fully saturated rings. The second-order valence-electron chi connectivity index (χ2n) is 5.55. The Bertz CT molecular complexity index is 1090. The van der Waals surface area contributed by atoms with E-state index in [1.165, 1.54) is 18.2 Å². The SMILES string of the molecule is O=C(Nc1ccc2[nH]ccc2c1)c1ccc2nc(C(F)(F)F)[nH]c2c1. The number of amides is 1. The number of hydrogen-bond donors (Lipinski definition) is 3. The van der Waals surface area contributed by atoms with Gasteiger partial charge in [-0.15, -0.1) is 0 Å². The zero-order chi connectivity index (χ0) is 17.6. The number of imidazole rings is 1. The van der Waals surface area contributed by atoms with Crippen molar-refractivity contribution in [3.63, 3.8) is 0 Å². The summed E-state index contributed by atoms with van der Waals surface area (Å²) in [5.74, 6) is -1.50. The van der Waals surface area contributed by atoms with Crippen LogP contribution in [0.5, 0.6) is 0 Å². The quantitative estimate of drug-likeness (QED) is 0.507. The molecule has 3 N–H and O–H groups in total. The van der Waals surface area contributed by atoms with E-state index < -0.39 is 17.9 Å².